The van der Waals surface area contributed by atoms with Gasteiger partial charge in [-0.1, -0.05) is 6.07 Å². The highest BCUT2D eigenvalue weighted by atomic mass is 32.1. The summed E-state index contributed by atoms with van der Waals surface area (Å²) in [6, 6.07) is 14.0. The maximum Gasteiger partial charge on any atom is 0.255 e. The van der Waals surface area contributed by atoms with E-state index in [1.807, 2.05) is 0 Å². The predicted molar refractivity (Wildman–Crippen MR) is 87.8 cm³/mol. The SMILES string of the molecule is COc1ccc(NC(=O)c2cccc(NC(N)=S)c2)cc1. The molecule has 2 aromatic carbocycles. The van der Waals surface area contributed by atoms with Crippen LogP contribution < -0.4 is 21.1 Å². The zero-order chi connectivity index (χ0) is 15.2. The number of rotatable bonds is 4. The summed E-state index contributed by atoms with van der Waals surface area (Å²) in [5.74, 6) is 0.516. The lowest BCUT2D eigenvalue weighted by molar-refractivity contribution is 0.102. The fraction of sp³-hybridized carbons (Fsp3) is 0.0667. The van der Waals surface area contributed by atoms with Crippen molar-refractivity contribution < 1.29 is 9.53 Å². The van der Waals surface area contributed by atoms with Gasteiger partial charge in [0.25, 0.3) is 5.91 Å². The van der Waals surface area contributed by atoms with Gasteiger partial charge in [0.1, 0.15) is 5.75 Å². The second-order valence-electron chi connectivity index (χ2n) is 4.25. The predicted octanol–water partition coefficient (Wildman–Crippen LogP) is 2.60. The fourth-order valence-electron chi connectivity index (χ4n) is 1.76. The van der Waals surface area contributed by atoms with Crippen LogP contribution in [0, 0.1) is 0 Å². The molecule has 2 rings (SSSR count). The summed E-state index contributed by atoms with van der Waals surface area (Å²) in [7, 11) is 1.59. The summed E-state index contributed by atoms with van der Waals surface area (Å²) in [5, 5.41) is 5.75. The van der Waals surface area contributed by atoms with E-state index >= 15 is 0 Å². The zero-order valence-electron chi connectivity index (χ0n) is 11.4. The molecular weight excluding hydrogens is 286 g/mol. The van der Waals surface area contributed by atoms with Crippen LogP contribution in [-0.4, -0.2) is 18.1 Å². The molecule has 0 unspecified atom stereocenters. The van der Waals surface area contributed by atoms with E-state index in [4.69, 9.17) is 22.7 Å². The molecule has 0 aliphatic carbocycles. The van der Waals surface area contributed by atoms with E-state index in [-0.39, 0.29) is 11.0 Å². The second kappa shape index (κ2) is 6.71. The monoisotopic (exact) mass is 301 g/mol. The minimum atomic E-state index is -0.216. The molecule has 0 spiro atoms. The normalized spacial score (nSPS) is 9.76. The maximum absolute atomic E-state index is 12.2. The first-order chi connectivity index (χ1) is 10.1. The van der Waals surface area contributed by atoms with Crippen LogP contribution >= 0.6 is 12.2 Å². The number of methoxy groups -OCH3 is 1. The number of carbonyl (C=O) groups is 1. The number of anilines is 2. The van der Waals surface area contributed by atoms with Gasteiger partial charge in [-0.2, -0.15) is 0 Å². The van der Waals surface area contributed by atoms with Gasteiger partial charge < -0.3 is 21.1 Å². The number of amides is 1. The number of carbonyl (C=O) groups excluding carboxylic acids is 1. The molecule has 0 aliphatic heterocycles. The van der Waals surface area contributed by atoms with Gasteiger partial charge in [-0.05, 0) is 54.7 Å². The van der Waals surface area contributed by atoms with Gasteiger partial charge in [0.05, 0.1) is 7.11 Å². The number of ether oxygens (including phenoxy) is 1. The maximum atomic E-state index is 12.2. The average molecular weight is 301 g/mol. The molecule has 5 nitrogen and oxygen atoms in total. The first-order valence-corrected chi connectivity index (χ1v) is 6.61. The Bertz CT molecular complexity index is 656. The average Bonchev–Trinajstić information content (AvgIpc) is 2.47. The summed E-state index contributed by atoms with van der Waals surface area (Å²) in [6.45, 7) is 0. The van der Waals surface area contributed by atoms with Gasteiger partial charge in [-0.25, -0.2) is 0 Å². The van der Waals surface area contributed by atoms with Crippen molar-refractivity contribution in [3.05, 3.63) is 54.1 Å². The molecule has 4 N–H and O–H groups in total. The smallest absolute Gasteiger partial charge is 0.255 e. The van der Waals surface area contributed by atoms with Crippen molar-refractivity contribution in [1.82, 2.24) is 0 Å². The van der Waals surface area contributed by atoms with Gasteiger partial charge in [0.15, 0.2) is 5.11 Å². The Kier molecular flexibility index (Phi) is 4.73. The second-order valence-corrected chi connectivity index (χ2v) is 4.69. The van der Waals surface area contributed by atoms with Crippen molar-refractivity contribution in [3.8, 4) is 5.75 Å². The number of hydrogen-bond acceptors (Lipinski definition) is 3. The molecule has 0 heterocycles. The molecular formula is C15H15N3O2S. The summed E-state index contributed by atoms with van der Waals surface area (Å²) in [6.07, 6.45) is 0. The molecule has 6 heteroatoms. The Balaban J connectivity index is 2.10. The van der Waals surface area contributed by atoms with E-state index in [2.05, 4.69) is 10.6 Å². The van der Waals surface area contributed by atoms with Gasteiger partial charge in [-0.3, -0.25) is 4.79 Å². The Labute approximate surface area is 128 Å². The van der Waals surface area contributed by atoms with Gasteiger partial charge in [0, 0.05) is 16.9 Å². The van der Waals surface area contributed by atoms with Gasteiger partial charge in [-0.15, -0.1) is 0 Å². The van der Waals surface area contributed by atoms with Crippen LogP contribution in [0.25, 0.3) is 0 Å². The lowest BCUT2D eigenvalue weighted by Gasteiger charge is -2.08. The topological polar surface area (TPSA) is 76.4 Å². The summed E-state index contributed by atoms with van der Waals surface area (Å²) < 4.78 is 5.07. The third-order valence-electron chi connectivity index (χ3n) is 2.74. The van der Waals surface area contributed by atoms with E-state index in [0.717, 1.165) is 5.75 Å². The molecule has 108 valence electrons. The molecule has 0 atom stereocenters. The number of benzene rings is 2. The van der Waals surface area contributed by atoms with Crippen LogP contribution in [0.4, 0.5) is 11.4 Å². The van der Waals surface area contributed by atoms with Crippen molar-refractivity contribution in [2.45, 2.75) is 0 Å². The summed E-state index contributed by atoms with van der Waals surface area (Å²) >= 11 is 4.77. The lowest BCUT2D eigenvalue weighted by Crippen LogP contribution is -2.19. The fourth-order valence-corrected chi connectivity index (χ4v) is 1.88. The molecule has 1 amide bonds. The molecule has 21 heavy (non-hydrogen) atoms. The third kappa shape index (κ3) is 4.19. The number of nitrogens with one attached hydrogen (secondary N) is 2. The minimum Gasteiger partial charge on any atom is -0.497 e. The molecule has 0 bridgehead atoms. The van der Waals surface area contributed by atoms with Gasteiger partial charge >= 0.3 is 0 Å². The van der Waals surface area contributed by atoms with Crippen LogP contribution in [0.1, 0.15) is 10.4 Å². The van der Waals surface area contributed by atoms with Crippen molar-refractivity contribution in [3.63, 3.8) is 0 Å². The Hall–Kier alpha value is -2.60. The Morgan fingerprint density at radius 3 is 2.43 bits per heavy atom. The highest BCUT2D eigenvalue weighted by Crippen LogP contribution is 2.17. The van der Waals surface area contributed by atoms with E-state index < -0.39 is 0 Å². The third-order valence-corrected chi connectivity index (χ3v) is 2.84. The first-order valence-electron chi connectivity index (χ1n) is 6.20. The molecule has 0 radical (unpaired) electrons. The Morgan fingerprint density at radius 1 is 1.10 bits per heavy atom. The summed E-state index contributed by atoms with van der Waals surface area (Å²) in [5.41, 5.74) is 7.28. The quantitative estimate of drug-likeness (QED) is 0.757. The number of nitrogens with two attached hydrogens (primary N) is 1. The van der Waals surface area contributed by atoms with Crippen LogP contribution in [0.2, 0.25) is 0 Å². The molecule has 0 aliphatic rings. The highest BCUT2D eigenvalue weighted by molar-refractivity contribution is 7.80. The van der Waals surface area contributed by atoms with Crippen LogP contribution in [0.5, 0.6) is 5.75 Å². The molecule has 2 aromatic rings. The van der Waals surface area contributed by atoms with Crippen molar-refractivity contribution in [2.75, 3.05) is 17.7 Å². The van der Waals surface area contributed by atoms with E-state index in [1.165, 1.54) is 0 Å². The molecule has 0 aromatic heterocycles. The van der Waals surface area contributed by atoms with Crippen molar-refractivity contribution >= 4 is 34.6 Å². The molecule has 0 saturated heterocycles. The molecule has 0 saturated carbocycles. The van der Waals surface area contributed by atoms with Crippen LogP contribution in [0.15, 0.2) is 48.5 Å². The van der Waals surface area contributed by atoms with Crippen molar-refractivity contribution in [2.24, 2.45) is 5.73 Å². The largest absolute Gasteiger partial charge is 0.497 e. The minimum absolute atomic E-state index is 0.155. The van der Waals surface area contributed by atoms with Crippen molar-refractivity contribution in [1.29, 1.82) is 0 Å². The highest BCUT2D eigenvalue weighted by Gasteiger charge is 2.07. The summed E-state index contributed by atoms with van der Waals surface area (Å²) in [4.78, 5) is 12.2. The number of hydrogen-bond donors (Lipinski definition) is 3. The molecule has 0 fully saturated rings. The standard InChI is InChI=1S/C15H15N3O2S/c1-20-13-7-5-11(6-8-13)17-14(19)10-3-2-4-12(9-10)18-15(16)21/h2-9H,1H3,(H,17,19)(H3,16,18,21). The van der Waals surface area contributed by atoms with Crippen LogP contribution in [-0.2, 0) is 0 Å². The van der Waals surface area contributed by atoms with E-state index in [1.54, 1.807) is 55.6 Å². The lowest BCUT2D eigenvalue weighted by atomic mass is 10.2. The zero-order valence-corrected chi connectivity index (χ0v) is 12.2. The Morgan fingerprint density at radius 2 is 1.81 bits per heavy atom. The van der Waals surface area contributed by atoms with E-state index in [0.29, 0.717) is 16.9 Å². The van der Waals surface area contributed by atoms with Gasteiger partial charge in [0.2, 0.25) is 0 Å². The van der Waals surface area contributed by atoms with E-state index in [9.17, 15) is 4.79 Å². The number of thiocarbonyl (C=S) groups is 1. The van der Waals surface area contributed by atoms with Crippen LogP contribution in [0.3, 0.4) is 0 Å². The first kappa shape index (κ1) is 14.8.